The van der Waals surface area contributed by atoms with E-state index < -0.39 is 0 Å². The van der Waals surface area contributed by atoms with Crippen LogP contribution in [0.4, 0.5) is 0 Å². The molecular weight excluding hydrogens is 421 g/mol. The summed E-state index contributed by atoms with van der Waals surface area (Å²) >= 11 is 0. The molecule has 0 aromatic rings. The molecule has 24 heavy (non-hydrogen) atoms. The normalized spacial score (nSPS) is 15.5. The quantitative estimate of drug-likeness (QED) is 0.356. The van der Waals surface area contributed by atoms with Crippen LogP contribution < -0.4 is 10.6 Å². The highest BCUT2D eigenvalue weighted by Gasteiger charge is 2.23. The smallest absolute Gasteiger partial charge is 0.223 e. The number of hydrogen-bond acceptors (Lipinski definition) is 3. The van der Waals surface area contributed by atoms with E-state index in [1.165, 1.54) is 0 Å². The second-order valence-corrected chi connectivity index (χ2v) is 6.08. The second-order valence-electron chi connectivity index (χ2n) is 6.08. The molecule has 1 fully saturated rings. The Kier molecular flexibility index (Phi) is 11.8. The average Bonchev–Trinajstić information content (AvgIpc) is 2.54. The van der Waals surface area contributed by atoms with E-state index >= 15 is 0 Å². The lowest BCUT2D eigenvalue weighted by molar-refractivity contribution is -0.128. The van der Waals surface area contributed by atoms with Gasteiger partial charge in [0.25, 0.3) is 0 Å². The SMILES string of the molecule is CCNC(=NCCC(=O)N(C)C)N1CCC(CC(=O)NC)CC1.I. The maximum Gasteiger partial charge on any atom is 0.223 e. The predicted octanol–water partition coefficient (Wildman–Crippen LogP) is 0.896. The summed E-state index contributed by atoms with van der Waals surface area (Å²) in [5.74, 6) is 1.53. The van der Waals surface area contributed by atoms with Crippen molar-refractivity contribution in [2.45, 2.75) is 32.6 Å². The summed E-state index contributed by atoms with van der Waals surface area (Å²) < 4.78 is 0. The number of piperidine rings is 1. The zero-order valence-corrected chi connectivity index (χ0v) is 17.6. The van der Waals surface area contributed by atoms with Gasteiger partial charge < -0.3 is 20.4 Å². The Bertz CT molecular complexity index is 421. The van der Waals surface area contributed by atoms with Gasteiger partial charge in [-0.05, 0) is 25.7 Å². The molecular formula is C16H32IN5O2. The van der Waals surface area contributed by atoms with Crippen molar-refractivity contribution >= 4 is 41.8 Å². The Morgan fingerprint density at radius 2 is 1.88 bits per heavy atom. The standard InChI is InChI=1S/C16H31N5O2.HI/c1-5-18-16(19-9-6-15(23)20(3)4)21-10-7-13(8-11-21)12-14(22)17-2;/h13H,5-12H2,1-4H3,(H,17,22)(H,18,19);1H. The van der Waals surface area contributed by atoms with Crippen molar-refractivity contribution < 1.29 is 9.59 Å². The van der Waals surface area contributed by atoms with E-state index in [-0.39, 0.29) is 35.8 Å². The Labute approximate surface area is 162 Å². The van der Waals surface area contributed by atoms with Crippen molar-refractivity contribution in [1.82, 2.24) is 20.4 Å². The fourth-order valence-corrected chi connectivity index (χ4v) is 2.62. The van der Waals surface area contributed by atoms with Crippen LogP contribution >= 0.6 is 24.0 Å². The van der Waals surface area contributed by atoms with Gasteiger partial charge in [-0.1, -0.05) is 0 Å². The van der Waals surface area contributed by atoms with E-state index in [2.05, 4.69) is 20.5 Å². The van der Waals surface area contributed by atoms with Crippen molar-refractivity contribution in [3.63, 3.8) is 0 Å². The van der Waals surface area contributed by atoms with Gasteiger partial charge >= 0.3 is 0 Å². The molecule has 8 heteroatoms. The summed E-state index contributed by atoms with van der Waals surface area (Å²) in [6, 6.07) is 0. The second kappa shape index (κ2) is 12.3. The van der Waals surface area contributed by atoms with Crippen molar-refractivity contribution in [3.05, 3.63) is 0 Å². The molecule has 2 N–H and O–H groups in total. The topological polar surface area (TPSA) is 77.0 Å². The van der Waals surface area contributed by atoms with E-state index in [0.29, 0.717) is 25.3 Å². The fourth-order valence-electron chi connectivity index (χ4n) is 2.62. The monoisotopic (exact) mass is 453 g/mol. The molecule has 1 rings (SSSR count). The summed E-state index contributed by atoms with van der Waals surface area (Å²) in [6.45, 7) is 5.14. The van der Waals surface area contributed by atoms with Gasteiger partial charge in [-0.15, -0.1) is 24.0 Å². The molecule has 1 aliphatic heterocycles. The first-order chi connectivity index (χ1) is 11.0. The summed E-state index contributed by atoms with van der Waals surface area (Å²) in [5.41, 5.74) is 0. The molecule has 0 spiro atoms. The molecule has 0 saturated carbocycles. The van der Waals surface area contributed by atoms with Crippen LogP contribution in [0.5, 0.6) is 0 Å². The number of nitrogens with one attached hydrogen (secondary N) is 2. The average molecular weight is 453 g/mol. The molecule has 0 atom stereocenters. The third-order valence-electron chi connectivity index (χ3n) is 4.09. The summed E-state index contributed by atoms with van der Waals surface area (Å²) in [5, 5.41) is 5.98. The number of carbonyl (C=O) groups excluding carboxylic acids is 2. The maximum atomic E-state index is 11.6. The van der Waals surface area contributed by atoms with E-state index in [9.17, 15) is 9.59 Å². The molecule has 1 saturated heterocycles. The lowest BCUT2D eigenvalue weighted by Crippen LogP contribution is -2.46. The van der Waals surface area contributed by atoms with Crippen LogP contribution in [0.15, 0.2) is 4.99 Å². The van der Waals surface area contributed by atoms with Crippen molar-refractivity contribution in [2.75, 3.05) is 47.3 Å². The van der Waals surface area contributed by atoms with Gasteiger partial charge in [-0.25, -0.2) is 0 Å². The number of hydrogen-bond donors (Lipinski definition) is 2. The summed E-state index contributed by atoms with van der Waals surface area (Å²) in [7, 11) is 5.20. The number of carbonyl (C=O) groups is 2. The lowest BCUT2D eigenvalue weighted by Gasteiger charge is -2.34. The van der Waals surface area contributed by atoms with Crippen LogP contribution in [-0.2, 0) is 9.59 Å². The molecule has 7 nitrogen and oxygen atoms in total. The first-order valence-electron chi connectivity index (χ1n) is 8.41. The first kappa shape index (κ1) is 22.9. The van der Waals surface area contributed by atoms with Gasteiger partial charge in [-0.3, -0.25) is 14.6 Å². The summed E-state index contributed by atoms with van der Waals surface area (Å²) in [6.07, 6.45) is 3.02. The molecule has 1 heterocycles. The van der Waals surface area contributed by atoms with Gasteiger partial charge in [0, 0.05) is 53.6 Å². The molecule has 0 aromatic carbocycles. The Morgan fingerprint density at radius 3 is 2.38 bits per heavy atom. The highest BCUT2D eigenvalue weighted by atomic mass is 127. The van der Waals surface area contributed by atoms with Crippen LogP contribution in [0.25, 0.3) is 0 Å². The third-order valence-corrected chi connectivity index (χ3v) is 4.09. The van der Waals surface area contributed by atoms with Crippen LogP contribution in [0, 0.1) is 5.92 Å². The largest absolute Gasteiger partial charge is 0.359 e. The van der Waals surface area contributed by atoms with Gasteiger partial charge in [-0.2, -0.15) is 0 Å². The highest BCUT2D eigenvalue weighted by Crippen LogP contribution is 2.20. The van der Waals surface area contributed by atoms with E-state index in [0.717, 1.165) is 38.4 Å². The van der Waals surface area contributed by atoms with Crippen molar-refractivity contribution in [2.24, 2.45) is 10.9 Å². The molecule has 0 aromatic heterocycles. The predicted molar refractivity (Wildman–Crippen MR) is 108 cm³/mol. The molecule has 140 valence electrons. The van der Waals surface area contributed by atoms with Gasteiger partial charge in [0.2, 0.25) is 11.8 Å². The van der Waals surface area contributed by atoms with Crippen molar-refractivity contribution in [1.29, 1.82) is 0 Å². The number of guanidine groups is 1. The molecule has 2 amide bonds. The van der Waals surface area contributed by atoms with E-state index in [1.807, 2.05) is 6.92 Å². The van der Waals surface area contributed by atoms with Crippen LogP contribution in [0.3, 0.4) is 0 Å². The number of likely N-dealkylation sites (tertiary alicyclic amines) is 1. The molecule has 0 aliphatic carbocycles. The minimum atomic E-state index is 0. The number of amides is 2. The van der Waals surface area contributed by atoms with E-state index in [4.69, 9.17) is 0 Å². The van der Waals surface area contributed by atoms with Crippen LogP contribution in [0.1, 0.15) is 32.6 Å². The Hall–Kier alpha value is -1.06. The zero-order chi connectivity index (χ0) is 17.2. The van der Waals surface area contributed by atoms with Crippen LogP contribution in [0.2, 0.25) is 0 Å². The third kappa shape index (κ3) is 8.16. The van der Waals surface area contributed by atoms with Crippen molar-refractivity contribution in [3.8, 4) is 0 Å². The minimum Gasteiger partial charge on any atom is -0.359 e. The van der Waals surface area contributed by atoms with Gasteiger partial charge in [0.15, 0.2) is 5.96 Å². The number of rotatable bonds is 6. The fraction of sp³-hybridized carbons (Fsp3) is 0.812. The number of aliphatic imine (C=N–C) groups is 1. The molecule has 0 unspecified atom stereocenters. The lowest BCUT2D eigenvalue weighted by atomic mass is 9.93. The van der Waals surface area contributed by atoms with Gasteiger partial charge in [0.1, 0.15) is 0 Å². The Morgan fingerprint density at radius 1 is 1.25 bits per heavy atom. The molecule has 0 bridgehead atoms. The van der Waals surface area contributed by atoms with E-state index in [1.54, 1.807) is 26.0 Å². The first-order valence-corrected chi connectivity index (χ1v) is 8.41. The molecule has 0 radical (unpaired) electrons. The van der Waals surface area contributed by atoms with Crippen LogP contribution in [-0.4, -0.2) is 74.9 Å². The minimum absolute atomic E-state index is 0. The highest BCUT2D eigenvalue weighted by molar-refractivity contribution is 14.0. The molecule has 1 aliphatic rings. The van der Waals surface area contributed by atoms with Gasteiger partial charge in [0.05, 0.1) is 6.54 Å². The number of nitrogens with zero attached hydrogens (tertiary/aromatic N) is 3. The zero-order valence-electron chi connectivity index (χ0n) is 15.3. The maximum absolute atomic E-state index is 11.6. The Balaban J connectivity index is 0.00000529. The summed E-state index contributed by atoms with van der Waals surface area (Å²) in [4.78, 5) is 31.5. The number of halogens is 1.